The average molecular weight is 308 g/mol. The molecule has 0 radical (unpaired) electrons. The fourth-order valence-corrected chi connectivity index (χ4v) is 6.97. The van der Waals surface area contributed by atoms with Crippen LogP contribution in [0, 0.1) is 11.8 Å². The van der Waals surface area contributed by atoms with Crippen molar-refractivity contribution in [2.75, 3.05) is 0 Å². The van der Waals surface area contributed by atoms with Crippen LogP contribution in [0.15, 0.2) is 46.9 Å². The first-order valence-corrected chi connectivity index (χ1v) is 10.8. The summed E-state index contributed by atoms with van der Waals surface area (Å²) >= 11 is -0.833. The number of allylic oxidation sites excluding steroid dienone is 1. The van der Waals surface area contributed by atoms with Crippen LogP contribution in [0.4, 0.5) is 0 Å². The van der Waals surface area contributed by atoms with Crippen molar-refractivity contribution < 1.29 is 0 Å². The highest BCUT2D eigenvalue weighted by Gasteiger charge is 2.22. The van der Waals surface area contributed by atoms with Gasteiger partial charge in [-0.15, -0.1) is 4.44 Å². The lowest BCUT2D eigenvalue weighted by Gasteiger charge is -2.17. The first-order valence-electron chi connectivity index (χ1n) is 8.63. The van der Waals surface area contributed by atoms with Crippen LogP contribution in [-0.2, 0) is 0 Å². The van der Waals surface area contributed by atoms with E-state index < -0.39 is 14.1 Å². The normalized spacial score (nSPS) is 12.4. The lowest BCUT2D eigenvalue weighted by molar-refractivity contribution is 0.692. The molecule has 0 amide bonds. The van der Waals surface area contributed by atoms with E-state index in [-0.39, 0.29) is 0 Å². The average Bonchev–Trinajstić information content (AvgIpc) is 2.46. The van der Waals surface area contributed by atoms with Gasteiger partial charge < -0.3 is 0 Å². The molecule has 0 aliphatic heterocycles. The molecule has 2 aromatic carbocycles. The Hall–Kier alpha value is -1.03. The Labute approximate surface area is 140 Å². The third kappa shape index (κ3) is 4.74. The molecule has 0 saturated carbocycles. The fourth-order valence-electron chi connectivity index (χ4n) is 3.35. The number of benzene rings is 2. The Bertz CT molecular complexity index is 622. The molecule has 0 unspecified atom stereocenters. The predicted octanol–water partition coefficient (Wildman–Crippen LogP) is 6.59. The molecule has 0 spiro atoms. The van der Waals surface area contributed by atoms with Crippen LogP contribution in [0.3, 0.4) is 0 Å². The Morgan fingerprint density at radius 1 is 0.909 bits per heavy atom. The maximum Gasteiger partial charge on any atom is 0.299 e. The quantitative estimate of drug-likeness (QED) is 0.528. The van der Waals surface area contributed by atoms with Crippen molar-refractivity contribution in [1.82, 2.24) is 0 Å². The molecule has 0 aliphatic rings. The lowest BCUT2D eigenvalue weighted by Crippen LogP contribution is -2.19. The monoisotopic (exact) mass is 308 g/mol. The molecular formula is C21H29Al. The van der Waals surface area contributed by atoms with Crippen LogP contribution in [-0.4, -0.2) is 14.1 Å². The number of rotatable bonds is 6. The van der Waals surface area contributed by atoms with Crippen LogP contribution in [0.1, 0.15) is 40.2 Å². The maximum absolute atomic E-state index is 2.48. The summed E-state index contributed by atoms with van der Waals surface area (Å²) in [4.78, 5) is 0. The zero-order valence-electron chi connectivity index (χ0n) is 14.8. The first kappa shape index (κ1) is 17.3. The van der Waals surface area contributed by atoms with Crippen LogP contribution < -0.4 is 0 Å². The number of fused-ring (bicyclic) bond motifs is 1. The van der Waals surface area contributed by atoms with Gasteiger partial charge in [0.2, 0.25) is 0 Å². The van der Waals surface area contributed by atoms with E-state index in [0.29, 0.717) is 0 Å². The molecule has 0 aromatic heterocycles. The summed E-state index contributed by atoms with van der Waals surface area (Å²) in [6.45, 7) is 11.8. The molecular weight excluding hydrogens is 279 g/mol. The highest BCUT2D eigenvalue weighted by molar-refractivity contribution is 6.67. The predicted molar refractivity (Wildman–Crippen MR) is 103 cm³/mol. The minimum absolute atomic E-state index is 0.811. The second-order valence-electron chi connectivity index (χ2n) is 7.41. The molecule has 2 aromatic rings. The van der Waals surface area contributed by atoms with Crippen molar-refractivity contribution in [3.63, 3.8) is 0 Å². The van der Waals surface area contributed by atoms with Gasteiger partial charge in [-0.3, -0.25) is 0 Å². The Morgan fingerprint density at radius 2 is 1.50 bits per heavy atom. The standard InChI is InChI=1S/C13H11.2C4H9.Al/c1-2-6-11-8-5-9-12-7-3-4-10-13(11)12;2*1-4(2)3;/h3-10H,1H3;2*4H,1H2,2-3H3;. The van der Waals surface area contributed by atoms with E-state index in [0.717, 1.165) is 11.8 Å². The van der Waals surface area contributed by atoms with E-state index in [1.165, 1.54) is 26.9 Å². The van der Waals surface area contributed by atoms with Crippen molar-refractivity contribution in [1.29, 1.82) is 0 Å². The summed E-state index contributed by atoms with van der Waals surface area (Å²) < 4.78 is 1.67. The van der Waals surface area contributed by atoms with Gasteiger partial charge in [0.1, 0.15) is 0 Å². The SMILES string of the molecule is C[C](=Cc1cccc2ccccc12)[Al]([CH2]C(C)C)[CH2]C(C)C. The van der Waals surface area contributed by atoms with Gasteiger partial charge in [-0.05, 0) is 16.3 Å². The van der Waals surface area contributed by atoms with Crippen LogP contribution in [0.25, 0.3) is 16.8 Å². The van der Waals surface area contributed by atoms with Crippen molar-refractivity contribution >= 4 is 31.0 Å². The molecule has 22 heavy (non-hydrogen) atoms. The van der Waals surface area contributed by atoms with E-state index in [4.69, 9.17) is 0 Å². The Morgan fingerprint density at radius 3 is 2.14 bits per heavy atom. The van der Waals surface area contributed by atoms with Gasteiger partial charge in [-0.25, -0.2) is 0 Å². The fraction of sp³-hybridized carbons (Fsp3) is 0.429. The smallest absolute Gasteiger partial charge is 0.133 e. The Kier molecular flexibility index (Phi) is 6.30. The summed E-state index contributed by atoms with van der Waals surface area (Å²) in [5, 5.41) is 5.57. The lowest BCUT2D eigenvalue weighted by atomic mass is 10.0. The summed E-state index contributed by atoms with van der Waals surface area (Å²) in [5.74, 6) is 1.62. The molecule has 0 nitrogen and oxygen atoms in total. The first-order chi connectivity index (χ1) is 10.5. The van der Waals surface area contributed by atoms with E-state index in [1.807, 2.05) is 0 Å². The van der Waals surface area contributed by atoms with E-state index in [9.17, 15) is 0 Å². The van der Waals surface area contributed by atoms with Gasteiger partial charge in [0.15, 0.2) is 0 Å². The van der Waals surface area contributed by atoms with Gasteiger partial charge in [0.05, 0.1) is 0 Å². The van der Waals surface area contributed by atoms with Gasteiger partial charge >= 0.3 is 0 Å². The molecule has 0 fully saturated rings. The van der Waals surface area contributed by atoms with Gasteiger partial charge in [-0.2, -0.15) is 0 Å². The van der Waals surface area contributed by atoms with Crippen molar-refractivity contribution in [3.05, 3.63) is 52.5 Å². The third-order valence-electron chi connectivity index (χ3n) is 4.36. The molecule has 2 rings (SSSR count). The van der Waals surface area contributed by atoms with E-state index in [1.54, 1.807) is 4.44 Å². The highest BCUT2D eigenvalue weighted by atomic mass is 27.2. The molecule has 1 heteroatoms. The molecule has 116 valence electrons. The highest BCUT2D eigenvalue weighted by Crippen LogP contribution is 2.25. The summed E-state index contributed by atoms with van der Waals surface area (Å²) in [6, 6.07) is 15.4. The zero-order chi connectivity index (χ0) is 16.1. The molecule has 0 N–H and O–H groups in total. The topological polar surface area (TPSA) is 0 Å². The van der Waals surface area contributed by atoms with Crippen molar-refractivity contribution in [2.24, 2.45) is 11.8 Å². The van der Waals surface area contributed by atoms with Crippen LogP contribution in [0.5, 0.6) is 0 Å². The molecule has 0 aliphatic carbocycles. The molecule has 0 bridgehead atoms. The van der Waals surface area contributed by atoms with Crippen molar-refractivity contribution in [2.45, 2.75) is 45.2 Å². The summed E-state index contributed by atoms with van der Waals surface area (Å²) in [7, 11) is 0. The second-order valence-corrected chi connectivity index (χ2v) is 10.7. The van der Waals surface area contributed by atoms with Crippen LogP contribution in [0.2, 0.25) is 10.6 Å². The molecule has 0 heterocycles. The zero-order valence-corrected chi connectivity index (χ0v) is 15.9. The van der Waals surface area contributed by atoms with Gasteiger partial charge in [0, 0.05) is 0 Å². The molecule has 0 saturated heterocycles. The van der Waals surface area contributed by atoms with Crippen LogP contribution >= 0.6 is 0 Å². The van der Waals surface area contributed by atoms with Gasteiger partial charge in [0.25, 0.3) is 14.1 Å². The number of hydrogen-bond acceptors (Lipinski definition) is 0. The minimum Gasteiger partial charge on any atom is -0.133 e. The molecule has 0 atom stereocenters. The van der Waals surface area contributed by atoms with E-state index in [2.05, 4.69) is 83.2 Å². The summed E-state index contributed by atoms with van der Waals surface area (Å²) in [5.41, 5.74) is 1.39. The Balaban J connectivity index is 2.35. The summed E-state index contributed by atoms with van der Waals surface area (Å²) in [6.07, 6.45) is 2.48. The van der Waals surface area contributed by atoms with Gasteiger partial charge in [-0.1, -0.05) is 106 Å². The maximum atomic E-state index is 2.48. The van der Waals surface area contributed by atoms with E-state index >= 15 is 0 Å². The third-order valence-corrected chi connectivity index (χ3v) is 8.84. The largest absolute Gasteiger partial charge is 0.299 e. The second kappa shape index (κ2) is 8.00. The minimum atomic E-state index is -0.833. The number of hydrogen-bond donors (Lipinski definition) is 0. The van der Waals surface area contributed by atoms with Crippen molar-refractivity contribution in [3.8, 4) is 0 Å².